The van der Waals surface area contributed by atoms with E-state index in [9.17, 15) is 13.2 Å². The molecule has 3 aliphatic rings. The molecule has 2 aliphatic carbocycles. The van der Waals surface area contributed by atoms with Crippen molar-refractivity contribution in [2.24, 2.45) is 17.8 Å². The van der Waals surface area contributed by atoms with Crippen molar-refractivity contribution >= 4 is 21.6 Å². The third kappa shape index (κ3) is 3.16. The Hall–Kier alpha value is -1.56. The molecule has 1 aromatic carbocycles. The van der Waals surface area contributed by atoms with Gasteiger partial charge in [-0.1, -0.05) is 12.5 Å². The highest BCUT2D eigenvalue weighted by molar-refractivity contribution is 7.93. The summed E-state index contributed by atoms with van der Waals surface area (Å²) in [6.07, 6.45) is 5.86. The highest BCUT2D eigenvalue weighted by Gasteiger charge is 2.42. The van der Waals surface area contributed by atoms with E-state index in [2.05, 4.69) is 12.2 Å². The van der Waals surface area contributed by atoms with E-state index >= 15 is 0 Å². The maximum Gasteiger partial charge on any atom is 0.251 e. The van der Waals surface area contributed by atoms with Gasteiger partial charge in [-0.25, -0.2) is 8.42 Å². The Morgan fingerprint density at radius 1 is 1.28 bits per heavy atom. The summed E-state index contributed by atoms with van der Waals surface area (Å²) in [5.74, 6) is 2.29. The first-order chi connectivity index (χ1) is 11.9. The lowest BCUT2D eigenvalue weighted by Crippen LogP contribution is -2.40. The number of hydrogen-bond donors (Lipinski definition) is 1. The number of rotatable bonds is 4. The summed E-state index contributed by atoms with van der Waals surface area (Å²) in [7, 11) is -3.22. The summed E-state index contributed by atoms with van der Waals surface area (Å²) in [4.78, 5) is 12.7. The van der Waals surface area contributed by atoms with Crippen LogP contribution in [0.3, 0.4) is 0 Å². The molecule has 1 heterocycles. The van der Waals surface area contributed by atoms with E-state index in [4.69, 9.17) is 0 Å². The number of carbonyl (C=O) groups is 1. The predicted octanol–water partition coefficient (Wildman–Crippen LogP) is 2.78. The highest BCUT2D eigenvalue weighted by Crippen LogP contribution is 2.49. The quantitative estimate of drug-likeness (QED) is 0.896. The van der Waals surface area contributed by atoms with Gasteiger partial charge in [-0.15, -0.1) is 0 Å². The maximum absolute atomic E-state index is 12.7. The van der Waals surface area contributed by atoms with Gasteiger partial charge >= 0.3 is 0 Å². The van der Waals surface area contributed by atoms with Gasteiger partial charge in [0.1, 0.15) is 0 Å². The second-order valence-electron chi connectivity index (χ2n) is 7.89. The van der Waals surface area contributed by atoms with Gasteiger partial charge in [-0.3, -0.25) is 9.10 Å². The van der Waals surface area contributed by atoms with Crippen LogP contribution < -0.4 is 9.62 Å². The first kappa shape index (κ1) is 16.9. The van der Waals surface area contributed by atoms with Crippen molar-refractivity contribution in [3.05, 3.63) is 29.8 Å². The minimum Gasteiger partial charge on any atom is -0.349 e. The summed E-state index contributed by atoms with van der Waals surface area (Å²) in [6.45, 7) is 2.60. The van der Waals surface area contributed by atoms with E-state index in [1.165, 1.54) is 30.0 Å². The molecule has 3 fully saturated rings. The monoisotopic (exact) mass is 362 g/mol. The van der Waals surface area contributed by atoms with Crippen molar-refractivity contribution in [3.8, 4) is 0 Å². The molecule has 6 heteroatoms. The van der Waals surface area contributed by atoms with Gasteiger partial charge in [0, 0.05) is 18.2 Å². The average Bonchev–Trinajstić information content (AvgIpc) is 3.29. The van der Waals surface area contributed by atoms with Crippen molar-refractivity contribution in [3.63, 3.8) is 0 Å². The van der Waals surface area contributed by atoms with Crippen LogP contribution in [0.5, 0.6) is 0 Å². The fourth-order valence-corrected chi connectivity index (χ4v) is 6.59. The largest absolute Gasteiger partial charge is 0.349 e. The summed E-state index contributed by atoms with van der Waals surface area (Å²) < 4.78 is 25.6. The van der Waals surface area contributed by atoms with Crippen molar-refractivity contribution in [1.29, 1.82) is 0 Å². The number of benzene rings is 1. The summed E-state index contributed by atoms with van der Waals surface area (Å²) in [6, 6.07) is 7.15. The molecular formula is C19H26N2O3S. The Bertz CT molecular complexity index is 777. The number of anilines is 1. The molecule has 1 aromatic rings. The first-order valence-corrected chi connectivity index (χ1v) is 11.0. The Morgan fingerprint density at radius 2 is 2.12 bits per heavy atom. The zero-order valence-corrected chi connectivity index (χ0v) is 15.5. The molecule has 1 amide bonds. The SMILES string of the molecule is CC(NC(=O)c1cccc(N2CCCS2(=O)=O)c1)C1CC2CCC1C2. The number of nitrogens with one attached hydrogen (secondary N) is 1. The number of nitrogens with zero attached hydrogens (tertiary/aromatic N) is 1. The zero-order chi connectivity index (χ0) is 17.6. The molecule has 4 unspecified atom stereocenters. The lowest BCUT2D eigenvalue weighted by atomic mass is 9.84. The standard InChI is InChI=1S/C19H26N2O3S/c1-13(18-11-14-6-7-15(18)10-14)20-19(22)16-4-2-5-17(12-16)21-8-3-9-25(21,23)24/h2,4-5,12-15,18H,3,6-11H2,1H3,(H,20,22). The molecule has 4 rings (SSSR count). The number of fused-ring (bicyclic) bond motifs is 2. The van der Waals surface area contributed by atoms with Gasteiger partial charge in [-0.05, 0) is 68.6 Å². The molecule has 0 spiro atoms. The van der Waals surface area contributed by atoms with Crippen LogP contribution in [0.4, 0.5) is 5.69 Å². The Labute approximate surface area is 149 Å². The van der Waals surface area contributed by atoms with E-state index in [-0.39, 0.29) is 17.7 Å². The van der Waals surface area contributed by atoms with E-state index in [0.29, 0.717) is 30.1 Å². The molecule has 1 N–H and O–H groups in total. The van der Waals surface area contributed by atoms with Crippen LogP contribution in [0.25, 0.3) is 0 Å². The molecule has 1 aliphatic heterocycles. The lowest BCUT2D eigenvalue weighted by molar-refractivity contribution is 0.0915. The summed E-state index contributed by atoms with van der Waals surface area (Å²) >= 11 is 0. The number of hydrogen-bond acceptors (Lipinski definition) is 3. The third-order valence-corrected chi connectivity index (χ3v) is 8.16. The van der Waals surface area contributed by atoms with Gasteiger partial charge in [0.25, 0.3) is 5.91 Å². The normalized spacial score (nSPS) is 31.2. The maximum atomic E-state index is 12.7. The van der Waals surface area contributed by atoms with E-state index in [0.717, 1.165) is 11.8 Å². The fourth-order valence-electron chi connectivity index (χ4n) is 5.04. The summed E-state index contributed by atoms with van der Waals surface area (Å²) in [5, 5.41) is 3.15. The van der Waals surface area contributed by atoms with Crippen LogP contribution >= 0.6 is 0 Å². The minimum absolute atomic E-state index is 0.103. The highest BCUT2D eigenvalue weighted by atomic mass is 32.2. The molecule has 4 atom stereocenters. The molecule has 25 heavy (non-hydrogen) atoms. The van der Waals surface area contributed by atoms with Crippen LogP contribution in [0.2, 0.25) is 0 Å². The predicted molar refractivity (Wildman–Crippen MR) is 98.1 cm³/mol. The number of amides is 1. The van der Waals surface area contributed by atoms with Crippen LogP contribution in [0, 0.1) is 17.8 Å². The molecular weight excluding hydrogens is 336 g/mol. The topological polar surface area (TPSA) is 66.5 Å². The van der Waals surface area contributed by atoms with Crippen LogP contribution in [-0.4, -0.2) is 32.7 Å². The van der Waals surface area contributed by atoms with Gasteiger partial charge < -0.3 is 5.32 Å². The van der Waals surface area contributed by atoms with Crippen molar-refractivity contribution in [2.75, 3.05) is 16.6 Å². The molecule has 1 saturated heterocycles. The van der Waals surface area contributed by atoms with Crippen molar-refractivity contribution in [1.82, 2.24) is 5.32 Å². The average molecular weight is 362 g/mol. The minimum atomic E-state index is -3.22. The second kappa shape index (κ2) is 6.31. The van der Waals surface area contributed by atoms with Crippen molar-refractivity contribution in [2.45, 2.75) is 45.1 Å². The molecule has 5 nitrogen and oxygen atoms in total. The van der Waals surface area contributed by atoms with Crippen LogP contribution in [-0.2, 0) is 10.0 Å². The fraction of sp³-hybridized carbons (Fsp3) is 0.632. The van der Waals surface area contributed by atoms with Crippen LogP contribution in [0.1, 0.15) is 49.4 Å². The molecule has 0 radical (unpaired) electrons. The number of sulfonamides is 1. The van der Waals surface area contributed by atoms with E-state index < -0.39 is 10.0 Å². The molecule has 2 saturated carbocycles. The van der Waals surface area contributed by atoms with Crippen molar-refractivity contribution < 1.29 is 13.2 Å². The lowest BCUT2D eigenvalue weighted by Gasteiger charge is -2.28. The van der Waals surface area contributed by atoms with Gasteiger partial charge in [0.15, 0.2) is 0 Å². The molecule has 2 bridgehead atoms. The van der Waals surface area contributed by atoms with E-state index in [1.807, 2.05) is 0 Å². The molecule has 0 aromatic heterocycles. The number of carbonyl (C=O) groups excluding carboxylic acids is 1. The van der Waals surface area contributed by atoms with Gasteiger partial charge in [0.2, 0.25) is 10.0 Å². The Kier molecular flexibility index (Phi) is 4.26. The zero-order valence-electron chi connectivity index (χ0n) is 14.6. The van der Waals surface area contributed by atoms with Gasteiger partial charge in [-0.2, -0.15) is 0 Å². The van der Waals surface area contributed by atoms with E-state index in [1.54, 1.807) is 24.3 Å². The molecule has 136 valence electrons. The Balaban J connectivity index is 1.46. The van der Waals surface area contributed by atoms with Crippen LogP contribution in [0.15, 0.2) is 24.3 Å². The van der Waals surface area contributed by atoms with Gasteiger partial charge in [0.05, 0.1) is 11.4 Å². The first-order valence-electron chi connectivity index (χ1n) is 9.35. The third-order valence-electron chi connectivity index (χ3n) is 6.29. The smallest absolute Gasteiger partial charge is 0.251 e. The summed E-state index contributed by atoms with van der Waals surface area (Å²) in [5.41, 5.74) is 1.13. The second-order valence-corrected chi connectivity index (χ2v) is 9.91. The Morgan fingerprint density at radius 3 is 2.76 bits per heavy atom.